The SMILES string of the molecule is CCC(C)CC(C)NCc1cc(C(N)=O)ccc1F. The fourth-order valence-corrected chi connectivity index (χ4v) is 2.00. The van der Waals surface area contributed by atoms with E-state index in [1.807, 2.05) is 0 Å². The van der Waals surface area contributed by atoms with Crippen molar-refractivity contribution >= 4 is 5.91 Å². The summed E-state index contributed by atoms with van der Waals surface area (Å²) in [5, 5.41) is 3.28. The lowest BCUT2D eigenvalue weighted by Crippen LogP contribution is -2.27. The second-order valence-electron chi connectivity index (χ2n) is 5.20. The van der Waals surface area contributed by atoms with E-state index in [1.54, 1.807) is 0 Å². The monoisotopic (exact) mass is 266 g/mol. The Morgan fingerprint density at radius 1 is 1.42 bits per heavy atom. The van der Waals surface area contributed by atoms with E-state index in [1.165, 1.54) is 18.2 Å². The number of primary amides is 1. The minimum Gasteiger partial charge on any atom is -0.366 e. The van der Waals surface area contributed by atoms with Crippen LogP contribution >= 0.6 is 0 Å². The van der Waals surface area contributed by atoms with Gasteiger partial charge in [-0.25, -0.2) is 4.39 Å². The van der Waals surface area contributed by atoms with E-state index in [-0.39, 0.29) is 5.82 Å². The Morgan fingerprint density at radius 3 is 2.68 bits per heavy atom. The second-order valence-corrected chi connectivity index (χ2v) is 5.20. The van der Waals surface area contributed by atoms with E-state index in [9.17, 15) is 9.18 Å². The minimum absolute atomic E-state index is 0.312. The van der Waals surface area contributed by atoms with Gasteiger partial charge in [-0.1, -0.05) is 20.3 Å². The molecular weight excluding hydrogens is 243 g/mol. The van der Waals surface area contributed by atoms with Gasteiger partial charge in [0.15, 0.2) is 0 Å². The number of rotatable bonds is 7. The Kier molecular flexibility index (Phi) is 5.96. The summed E-state index contributed by atoms with van der Waals surface area (Å²) >= 11 is 0. The van der Waals surface area contributed by atoms with Crippen molar-refractivity contribution in [3.05, 3.63) is 35.1 Å². The summed E-state index contributed by atoms with van der Waals surface area (Å²) < 4.78 is 13.6. The van der Waals surface area contributed by atoms with Crippen LogP contribution in [-0.2, 0) is 6.54 Å². The number of nitrogens with two attached hydrogens (primary N) is 1. The number of carbonyl (C=O) groups is 1. The molecular formula is C15H23FN2O. The second kappa shape index (κ2) is 7.24. The van der Waals surface area contributed by atoms with Crippen molar-refractivity contribution in [2.24, 2.45) is 11.7 Å². The van der Waals surface area contributed by atoms with Crippen molar-refractivity contribution < 1.29 is 9.18 Å². The molecule has 1 rings (SSSR count). The van der Waals surface area contributed by atoms with Crippen molar-refractivity contribution in [3.63, 3.8) is 0 Å². The molecule has 2 atom stereocenters. The Balaban J connectivity index is 2.61. The number of hydrogen-bond donors (Lipinski definition) is 2. The van der Waals surface area contributed by atoms with Crippen LogP contribution in [0.3, 0.4) is 0 Å². The maximum Gasteiger partial charge on any atom is 0.248 e. The van der Waals surface area contributed by atoms with Gasteiger partial charge in [0.1, 0.15) is 5.82 Å². The first-order chi connectivity index (χ1) is 8.93. The topological polar surface area (TPSA) is 55.1 Å². The van der Waals surface area contributed by atoms with Crippen LogP contribution in [0, 0.1) is 11.7 Å². The third kappa shape index (κ3) is 4.99. The standard InChI is InChI=1S/C15H23FN2O/c1-4-10(2)7-11(3)18-9-13-8-12(15(17)19)5-6-14(13)16/h5-6,8,10-11,18H,4,7,9H2,1-3H3,(H2,17,19). The lowest BCUT2D eigenvalue weighted by atomic mass is 10.00. The first kappa shape index (κ1) is 15.6. The highest BCUT2D eigenvalue weighted by Gasteiger charge is 2.10. The molecule has 0 aliphatic heterocycles. The number of amides is 1. The lowest BCUT2D eigenvalue weighted by molar-refractivity contribution is 0.1000. The van der Waals surface area contributed by atoms with Gasteiger partial charge in [-0.3, -0.25) is 4.79 Å². The summed E-state index contributed by atoms with van der Waals surface area (Å²) in [6.07, 6.45) is 2.19. The van der Waals surface area contributed by atoms with Gasteiger partial charge in [-0.15, -0.1) is 0 Å². The Bertz CT molecular complexity index is 434. The molecule has 0 heterocycles. The highest BCUT2D eigenvalue weighted by atomic mass is 19.1. The molecule has 106 valence electrons. The Labute approximate surface area is 114 Å². The number of hydrogen-bond acceptors (Lipinski definition) is 2. The van der Waals surface area contributed by atoms with Crippen LogP contribution in [0.5, 0.6) is 0 Å². The average molecular weight is 266 g/mol. The molecule has 3 nitrogen and oxygen atoms in total. The molecule has 3 N–H and O–H groups in total. The number of nitrogens with one attached hydrogen (secondary N) is 1. The van der Waals surface area contributed by atoms with Gasteiger partial charge >= 0.3 is 0 Å². The van der Waals surface area contributed by atoms with Gasteiger partial charge in [0.25, 0.3) is 0 Å². The average Bonchev–Trinajstić information content (AvgIpc) is 2.37. The third-order valence-corrected chi connectivity index (χ3v) is 3.42. The fraction of sp³-hybridized carbons (Fsp3) is 0.533. The molecule has 0 aromatic heterocycles. The zero-order valence-corrected chi connectivity index (χ0v) is 11.9. The van der Waals surface area contributed by atoms with E-state index in [0.29, 0.717) is 29.6 Å². The van der Waals surface area contributed by atoms with Gasteiger partial charge in [-0.05, 0) is 37.5 Å². The minimum atomic E-state index is -0.533. The summed E-state index contributed by atoms with van der Waals surface area (Å²) in [5.41, 5.74) is 6.01. The summed E-state index contributed by atoms with van der Waals surface area (Å²) in [5.74, 6) is -0.202. The zero-order valence-electron chi connectivity index (χ0n) is 11.9. The van der Waals surface area contributed by atoms with Crippen molar-refractivity contribution in [1.29, 1.82) is 0 Å². The van der Waals surface area contributed by atoms with Gasteiger partial charge in [-0.2, -0.15) is 0 Å². The van der Waals surface area contributed by atoms with Crippen LogP contribution < -0.4 is 11.1 Å². The van der Waals surface area contributed by atoms with Gasteiger partial charge in [0, 0.05) is 23.7 Å². The van der Waals surface area contributed by atoms with Crippen LogP contribution in [0.15, 0.2) is 18.2 Å². The summed E-state index contributed by atoms with van der Waals surface area (Å²) in [4.78, 5) is 11.1. The van der Waals surface area contributed by atoms with Crippen LogP contribution in [0.25, 0.3) is 0 Å². The normalized spacial score (nSPS) is 14.1. The maximum absolute atomic E-state index is 13.6. The van der Waals surface area contributed by atoms with Crippen molar-refractivity contribution in [2.75, 3.05) is 0 Å². The van der Waals surface area contributed by atoms with Crippen LogP contribution in [-0.4, -0.2) is 11.9 Å². The van der Waals surface area contributed by atoms with Crippen molar-refractivity contribution in [1.82, 2.24) is 5.32 Å². The zero-order chi connectivity index (χ0) is 14.4. The summed E-state index contributed by atoms with van der Waals surface area (Å²) in [6, 6.07) is 4.52. The fourth-order valence-electron chi connectivity index (χ4n) is 2.00. The Hall–Kier alpha value is -1.42. The molecule has 0 fully saturated rings. The molecule has 0 aliphatic rings. The lowest BCUT2D eigenvalue weighted by Gasteiger charge is -2.18. The molecule has 0 spiro atoms. The summed E-state index contributed by atoms with van der Waals surface area (Å²) in [7, 11) is 0. The van der Waals surface area contributed by atoms with Crippen molar-refractivity contribution in [2.45, 2.75) is 46.2 Å². The van der Waals surface area contributed by atoms with E-state index < -0.39 is 5.91 Å². The highest BCUT2D eigenvalue weighted by Crippen LogP contribution is 2.13. The third-order valence-electron chi connectivity index (χ3n) is 3.42. The number of benzene rings is 1. The van der Waals surface area contributed by atoms with Crippen LogP contribution in [0.1, 0.15) is 49.5 Å². The highest BCUT2D eigenvalue weighted by molar-refractivity contribution is 5.92. The number of halogens is 1. The number of carbonyl (C=O) groups excluding carboxylic acids is 1. The molecule has 0 radical (unpaired) electrons. The Morgan fingerprint density at radius 2 is 2.11 bits per heavy atom. The van der Waals surface area contributed by atoms with Gasteiger partial charge in [0.05, 0.1) is 0 Å². The largest absolute Gasteiger partial charge is 0.366 e. The molecule has 19 heavy (non-hydrogen) atoms. The van der Waals surface area contributed by atoms with Crippen LogP contribution in [0.4, 0.5) is 4.39 Å². The molecule has 1 aromatic rings. The van der Waals surface area contributed by atoms with E-state index in [4.69, 9.17) is 5.73 Å². The molecule has 1 aromatic carbocycles. The summed E-state index contributed by atoms with van der Waals surface area (Å²) in [6.45, 7) is 6.85. The van der Waals surface area contributed by atoms with Crippen LogP contribution in [0.2, 0.25) is 0 Å². The van der Waals surface area contributed by atoms with Gasteiger partial charge < -0.3 is 11.1 Å². The molecule has 2 unspecified atom stereocenters. The van der Waals surface area contributed by atoms with E-state index in [0.717, 1.165) is 12.8 Å². The van der Waals surface area contributed by atoms with E-state index >= 15 is 0 Å². The maximum atomic E-state index is 13.6. The quantitative estimate of drug-likeness (QED) is 0.797. The molecule has 0 saturated carbocycles. The van der Waals surface area contributed by atoms with E-state index in [2.05, 4.69) is 26.1 Å². The molecule has 0 aliphatic carbocycles. The smallest absolute Gasteiger partial charge is 0.248 e. The van der Waals surface area contributed by atoms with Crippen molar-refractivity contribution in [3.8, 4) is 0 Å². The first-order valence-corrected chi connectivity index (χ1v) is 6.75. The molecule has 1 amide bonds. The molecule has 0 bridgehead atoms. The molecule has 0 saturated heterocycles. The predicted octanol–water partition coefficient (Wildman–Crippen LogP) is 2.84. The van der Waals surface area contributed by atoms with Gasteiger partial charge in [0.2, 0.25) is 5.91 Å². The predicted molar refractivity (Wildman–Crippen MR) is 75.3 cm³/mol. The first-order valence-electron chi connectivity index (χ1n) is 6.75. The molecule has 4 heteroatoms.